The predicted octanol–water partition coefficient (Wildman–Crippen LogP) is 7.77. The zero-order valence-electron chi connectivity index (χ0n) is 22.2. The van der Waals surface area contributed by atoms with Crippen LogP contribution in [0.4, 0.5) is 5.69 Å². The largest absolute Gasteiger partial charge is 0.321 e. The quantitative estimate of drug-likeness (QED) is 0.166. The van der Waals surface area contributed by atoms with E-state index in [4.69, 9.17) is 11.6 Å². The number of rotatable bonds is 9. The second-order valence-corrected chi connectivity index (χ2v) is 9.92. The van der Waals surface area contributed by atoms with Crippen molar-refractivity contribution in [1.82, 2.24) is 5.32 Å². The topological polar surface area (TPSA) is 75.3 Å². The van der Waals surface area contributed by atoms with Crippen molar-refractivity contribution in [3.63, 3.8) is 0 Å². The van der Waals surface area contributed by atoms with E-state index in [1.165, 1.54) is 11.6 Å². The lowest BCUT2D eigenvalue weighted by Crippen LogP contribution is -2.30. The van der Waals surface area contributed by atoms with Gasteiger partial charge in [0.05, 0.1) is 0 Å². The number of carbonyl (C=O) groups excluding carboxylic acids is 3. The Hall–Kier alpha value is -4.74. The molecule has 2 amide bonds. The van der Waals surface area contributed by atoms with Crippen molar-refractivity contribution < 1.29 is 14.4 Å². The first kappa shape index (κ1) is 28.3. The number of halogens is 1. The highest BCUT2D eigenvalue weighted by molar-refractivity contribution is 6.30. The summed E-state index contributed by atoms with van der Waals surface area (Å²) in [6.07, 6.45) is 4.81. The van der Waals surface area contributed by atoms with Gasteiger partial charge in [0.15, 0.2) is 5.78 Å². The molecule has 0 aliphatic heterocycles. The third-order valence-electron chi connectivity index (χ3n) is 6.15. The summed E-state index contributed by atoms with van der Waals surface area (Å²) in [7, 11) is 0. The second kappa shape index (κ2) is 13.4. The summed E-state index contributed by atoms with van der Waals surface area (Å²) in [6, 6.07) is 30.3. The predicted molar refractivity (Wildman–Crippen MR) is 162 cm³/mol. The van der Waals surface area contributed by atoms with Gasteiger partial charge in [-0.2, -0.15) is 0 Å². The van der Waals surface area contributed by atoms with Crippen molar-refractivity contribution in [3.05, 3.63) is 148 Å². The van der Waals surface area contributed by atoms with Gasteiger partial charge in [0.25, 0.3) is 11.8 Å². The molecule has 0 bridgehead atoms. The van der Waals surface area contributed by atoms with Crippen LogP contribution in [-0.4, -0.2) is 17.6 Å². The third kappa shape index (κ3) is 7.88. The molecule has 0 saturated heterocycles. The average Bonchev–Trinajstić information content (AvgIpc) is 2.96. The fourth-order valence-electron chi connectivity index (χ4n) is 3.88. The zero-order chi connectivity index (χ0) is 28.5. The first-order chi connectivity index (χ1) is 19.3. The van der Waals surface area contributed by atoms with E-state index < -0.39 is 11.8 Å². The van der Waals surface area contributed by atoms with Gasteiger partial charge >= 0.3 is 0 Å². The van der Waals surface area contributed by atoms with Gasteiger partial charge in [-0.1, -0.05) is 86.1 Å². The number of allylic oxidation sites excluding steroid dienone is 1. The Kier molecular flexibility index (Phi) is 9.44. The Morgan fingerprint density at radius 3 is 2.10 bits per heavy atom. The standard InChI is InChI=1S/C34H29ClN2O3/c1-23(2)26-14-11-25(12-15-26)22-31(37-33(39)28-8-4-3-5-9-28)34(40)36-30-18-16-27(17-19-30)32(38)20-13-24-7-6-10-29(35)21-24/h3-23H,1-2H3,(H,36,40)(H,37,39)/b20-13+,31-22-. The van der Waals surface area contributed by atoms with Crippen LogP contribution in [0, 0.1) is 0 Å². The van der Waals surface area contributed by atoms with Crippen LogP contribution >= 0.6 is 11.6 Å². The molecule has 0 fully saturated rings. The highest BCUT2D eigenvalue weighted by Crippen LogP contribution is 2.18. The molecule has 0 aliphatic rings. The van der Waals surface area contributed by atoms with E-state index in [9.17, 15) is 14.4 Å². The van der Waals surface area contributed by atoms with Crippen LogP contribution in [0.15, 0.2) is 115 Å². The molecule has 200 valence electrons. The van der Waals surface area contributed by atoms with Gasteiger partial charge in [0, 0.05) is 21.8 Å². The van der Waals surface area contributed by atoms with Crippen molar-refractivity contribution in [1.29, 1.82) is 0 Å². The van der Waals surface area contributed by atoms with Gasteiger partial charge in [-0.15, -0.1) is 0 Å². The first-order valence-electron chi connectivity index (χ1n) is 12.9. The molecule has 0 heterocycles. The van der Waals surface area contributed by atoms with Gasteiger partial charge in [-0.05, 0) is 83.3 Å². The molecule has 6 heteroatoms. The minimum absolute atomic E-state index is 0.0933. The number of ketones is 1. The monoisotopic (exact) mass is 548 g/mol. The van der Waals surface area contributed by atoms with Crippen molar-refractivity contribution >= 4 is 47.0 Å². The maximum Gasteiger partial charge on any atom is 0.272 e. The summed E-state index contributed by atoms with van der Waals surface area (Å²) in [5.74, 6) is -0.690. The third-order valence-corrected chi connectivity index (χ3v) is 6.38. The summed E-state index contributed by atoms with van der Waals surface area (Å²) in [5.41, 5.74) is 4.25. The van der Waals surface area contributed by atoms with Crippen molar-refractivity contribution in [2.24, 2.45) is 0 Å². The lowest BCUT2D eigenvalue weighted by molar-refractivity contribution is -0.113. The Bertz CT molecular complexity index is 1560. The maximum absolute atomic E-state index is 13.3. The van der Waals surface area contributed by atoms with E-state index in [0.717, 1.165) is 11.1 Å². The molecule has 0 saturated carbocycles. The fourth-order valence-corrected chi connectivity index (χ4v) is 4.08. The summed E-state index contributed by atoms with van der Waals surface area (Å²) >= 11 is 6.00. The lowest BCUT2D eigenvalue weighted by Gasteiger charge is -2.12. The van der Waals surface area contributed by atoms with Gasteiger partial charge in [0.1, 0.15) is 5.70 Å². The molecule has 4 aromatic carbocycles. The molecule has 4 aromatic rings. The molecule has 40 heavy (non-hydrogen) atoms. The van der Waals surface area contributed by atoms with Crippen LogP contribution in [-0.2, 0) is 4.79 Å². The maximum atomic E-state index is 13.3. The van der Waals surface area contributed by atoms with Gasteiger partial charge < -0.3 is 10.6 Å². The lowest BCUT2D eigenvalue weighted by atomic mass is 10.0. The van der Waals surface area contributed by atoms with Crippen LogP contribution in [0.5, 0.6) is 0 Å². The molecule has 0 unspecified atom stereocenters. The Balaban J connectivity index is 1.50. The summed E-state index contributed by atoms with van der Waals surface area (Å²) in [6.45, 7) is 4.22. The second-order valence-electron chi connectivity index (χ2n) is 9.48. The van der Waals surface area contributed by atoms with Crippen LogP contribution in [0.2, 0.25) is 5.02 Å². The van der Waals surface area contributed by atoms with E-state index in [1.807, 2.05) is 42.5 Å². The number of anilines is 1. The molecule has 2 N–H and O–H groups in total. The SMILES string of the molecule is CC(C)c1ccc(/C=C(\NC(=O)c2ccccc2)C(=O)Nc2ccc(C(=O)/C=C/c3cccc(Cl)c3)cc2)cc1. The van der Waals surface area contributed by atoms with Crippen LogP contribution in [0.3, 0.4) is 0 Å². The Morgan fingerprint density at radius 2 is 1.45 bits per heavy atom. The van der Waals surface area contributed by atoms with Gasteiger partial charge in [-0.25, -0.2) is 0 Å². The minimum atomic E-state index is -0.489. The molecule has 5 nitrogen and oxygen atoms in total. The average molecular weight is 549 g/mol. The number of carbonyl (C=O) groups is 3. The fraction of sp³-hybridized carbons (Fsp3) is 0.0882. The van der Waals surface area contributed by atoms with E-state index in [1.54, 1.807) is 72.8 Å². The molecule has 0 atom stereocenters. The highest BCUT2D eigenvalue weighted by atomic mass is 35.5. The van der Waals surface area contributed by atoms with Crippen LogP contribution in [0.1, 0.15) is 57.2 Å². The van der Waals surface area contributed by atoms with Crippen LogP contribution in [0.25, 0.3) is 12.2 Å². The molecule has 0 radical (unpaired) electrons. The van der Waals surface area contributed by atoms with Crippen molar-refractivity contribution in [3.8, 4) is 0 Å². The number of amides is 2. The molecule has 0 aromatic heterocycles. The minimum Gasteiger partial charge on any atom is -0.321 e. The van der Waals surface area contributed by atoms with Gasteiger partial charge in [0.2, 0.25) is 0 Å². The zero-order valence-corrected chi connectivity index (χ0v) is 23.0. The van der Waals surface area contributed by atoms with E-state index in [0.29, 0.717) is 27.8 Å². The van der Waals surface area contributed by atoms with Crippen molar-refractivity contribution in [2.75, 3.05) is 5.32 Å². The summed E-state index contributed by atoms with van der Waals surface area (Å²) < 4.78 is 0. The van der Waals surface area contributed by atoms with Gasteiger partial charge in [-0.3, -0.25) is 14.4 Å². The number of hydrogen-bond donors (Lipinski definition) is 2. The Morgan fingerprint density at radius 1 is 0.750 bits per heavy atom. The number of hydrogen-bond acceptors (Lipinski definition) is 3. The number of benzene rings is 4. The van der Waals surface area contributed by atoms with E-state index in [2.05, 4.69) is 24.5 Å². The molecule has 4 rings (SSSR count). The molecular weight excluding hydrogens is 520 g/mol. The summed E-state index contributed by atoms with van der Waals surface area (Å²) in [5, 5.41) is 6.15. The van der Waals surface area contributed by atoms with E-state index in [-0.39, 0.29) is 11.5 Å². The summed E-state index contributed by atoms with van der Waals surface area (Å²) in [4.78, 5) is 38.8. The molecule has 0 aliphatic carbocycles. The number of nitrogens with one attached hydrogen (secondary N) is 2. The molecule has 0 spiro atoms. The normalized spacial score (nSPS) is 11.4. The van der Waals surface area contributed by atoms with E-state index >= 15 is 0 Å². The molecular formula is C34H29ClN2O3. The smallest absolute Gasteiger partial charge is 0.272 e. The first-order valence-corrected chi connectivity index (χ1v) is 13.2. The van der Waals surface area contributed by atoms with Crippen molar-refractivity contribution in [2.45, 2.75) is 19.8 Å². The highest BCUT2D eigenvalue weighted by Gasteiger charge is 2.15. The Labute approximate surface area is 239 Å². The van der Waals surface area contributed by atoms with Crippen LogP contribution < -0.4 is 10.6 Å².